The molecular weight excluding hydrogens is 356 g/mol. The van der Waals surface area contributed by atoms with Gasteiger partial charge in [0.2, 0.25) is 0 Å². The first-order valence-electron chi connectivity index (χ1n) is 8.61. The number of aliphatic hydroxyl groups is 1. The van der Waals surface area contributed by atoms with Gasteiger partial charge in [0.25, 0.3) is 11.8 Å². The lowest BCUT2D eigenvalue weighted by Gasteiger charge is -2.21. The Kier molecular flexibility index (Phi) is 4.42. The summed E-state index contributed by atoms with van der Waals surface area (Å²) in [5.74, 6) is -0.533. The summed E-state index contributed by atoms with van der Waals surface area (Å²) < 4.78 is 1.41. The van der Waals surface area contributed by atoms with Crippen molar-refractivity contribution in [3.8, 4) is 0 Å². The van der Waals surface area contributed by atoms with Crippen molar-refractivity contribution in [3.05, 3.63) is 52.3 Å². The Morgan fingerprint density at radius 3 is 2.77 bits per heavy atom. The van der Waals surface area contributed by atoms with Gasteiger partial charge < -0.3 is 15.3 Å². The van der Waals surface area contributed by atoms with Crippen molar-refractivity contribution in [1.82, 2.24) is 20.0 Å². The summed E-state index contributed by atoms with van der Waals surface area (Å²) in [5.41, 5.74) is 1.51. The van der Waals surface area contributed by atoms with Crippen LogP contribution < -0.4 is 5.32 Å². The van der Waals surface area contributed by atoms with Crippen LogP contribution in [0.3, 0.4) is 0 Å². The van der Waals surface area contributed by atoms with Crippen LogP contribution in [0.5, 0.6) is 0 Å². The molecule has 8 heteroatoms. The standard InChI is InChI=1S/C18H19ClN4O3/c19-12-3-1-11(2-4-12)9-22(13-5-6-13)18(26)15-7-16-17(25)20-8-14(24)10-23(16)21-15/h1-4,7,13-14,24H,5-6,8-10H2,(H,20,25). The number of aromatic nitrogens is 2. The van der Waals surface area contributed by atoms with Crippen molar-refractivity contribution >= 4 is 23.4 Å². The van der Waals surface area contributed by atoms with Crippen LogP contribution in [0.15, 0.2) is 30.3 Å². The van der Waals surface area contributed by atoms with Crippen molar-refractivity contribution in [2.75, 3.05) is 6.54 Å². The van der Waals surface area contributed by atoms with E-state index in [4.69, 9.17) is 11.6 Å². The predicted molar refractivity (Wildman–Crippen MR) is 94.9 cm³/mol. The number of aliphatic hydroxyl groups excluding tert-OH is 1. The van der Waals surface area contributed by atoms with Crippen LogP contribution in [0.2, 0.25) is 5.02 Å². The minimum absolute atomic E-state index is 0.177. The molecule has 1 aliphatic heterocycles. The van der Waals surface area contributed by atoms with E-state index in [0.717, 1.165) is 18.4 Å². The molecule has 136 valence electrons. The lowest BCUT2D eigenvalue weighted by Crippen LogP contribution is -2.33. The molecule has 1 saturated carbocycles. The van der Waals surface area contributed by atoms with Crippen LogP contribution in [0.4, 0.5) is 0 Å². The number of hydrogen-bond donors (Lipinski definition) is 2. The Hall–Kier alpha value is -2.38. The second kappa shape index (κ2) is 6.74. The maximum atomic E-state index is 13.0. The molecule has 1 atom stereocenters. The molecule has 1 aliphatic carbocycles. The topological polar surface area (TPSA) is 87.5 Å². The number of nitrogens with one attached hydrogen (secondary N) is 1. The zero-order chi connectivity index (χ0) is 18.3. The van der Waals surface area contributed by atoms with E-state index in [0.29, 0.717) is 17.3 Å². The molecule has 0 bridgehead atoms. The molecule has 2 aromatic rings. The predicted octanol–water partition coefficient (Wildman–Crippen LogP) is 1.45. The highest BCUT2D eigenvalue weighted by atomic mass is 35.5. The third-order valence-corrected chi connectivity index (χ3v) is 4.88. The molecule has 1 fully saturated rings. The SMILES string of the molecule is O=C1NCC(O)Cn2nc(C(=O)N(Cc3ccc(Cl)cc3)C3CC3)cc21. The first-order valence-corrected chi connectivity index (χ1v) is 8.98. The summed E-state index contributed by atoms with van der Waals surface area (Å²) >= 11 is 5.93. The first-order chi connectivity index (χ1) is 12.5. The molecule has 4 rings (SSSR count). The second-order valence-electron chi connectivity index (χ2n) is 6.75. The number of hydrogen-bond acceptors (Lipinski definition) is 4. The van der Waals surface area contributed by atoms with Gasteiger partial charge in [0.1, 0.15) is 5.69 Å². The average Bonchev–Trinajstić information content (AvgIpc) is 3.40. The van der Waals surface area contributed by atoms with Crippen molar-refractivity contribution in [2.45, 2.75) is 38.1 Å². The highest BCUT2D eigenvalue weighted by Crippen LogP contribution is 2.30. The summed E-state index contributed by atoms with van der Waals surface area (Å²) in [5, 5.41) is 17.4. The number of carbonyl (C=O) groups is 2. The van der Waals surface area contributed by atoms with E-state index >= 15 is 0 Å². The zero-order valence-electron chi connectivity index (χ0n) is 14.1. The minimum atomic E-state index is -0.725. The van der Waals surface area contributed by atoms with E-state index in [1.807, 2.05) is 12.1 Å². The number of fused-ring (bicyclic) bond motifs is 1. The Morgan fingerprint density at radius 1 is 1.35 bits per heavy atom. The number of carbonyl (C=O) groups excluding carboxylic acids is 2. The number of benzene rings is 1. The monoisotopic (exact) mass is 374 g/mol. The summed E-state index contributed by atoms with van der Waals surface area (Å²) in [7, 11) is 0. The lowest BCUT2D eigenvalue weighted by molar-refractivity contribution is 0.0721. The zero-order valence-corrected chi connectivity index (χ0v) is 14.8. The van der Waals surface area contributed by atoms with E-state index in [1.54, 1.807) is 17.0 Å². The van der Waals surface area contributed by atoms with Crippen molar-refractivity contribution in [2.24, 2.45) is 0 Å². The number of rotatable bonds is 4. The first kappa shape index (κ1) is 17.1. The largest absolute Gasteiger partial charge is 0.389 e. The third-order valence-electron chi connectivity index (χ3n) is 4.63. The van der Waals surface area contributed by atoms with Gasteiger partial charge in [-0.05, 0) is 30.5 Å². The molecular formula is C18H19ClN4O3. The van der Waals surface area contributed by atoms with Crippen LogP contribution in [-0.2, 0) is 13.1 Å². The van der Waals surface area contributed by atoms with Gasteiger partial charge in [0, 0.05) is 30.2 Å². The number of β-amino-alcohol motifs (C(OH)–C–C–N with tert-alkyl or cyclic N) is 1. The Balaban J connectivity index is 1.59. The fourth-order valence-corrected chi connectivity index (χ4v) is 3.22. The Morgan fingerprint density at radius 2 is 2.08 bits per heavy atom. The minimum Gasteiger partial charge on any atom is -0.389 e. The quantitative estimate of drug-likeness (QED) is 0.847. The van der Waals surface area contributed by atoms with Gasteiger partial charge in [-0.15, -0.1) is 0 Å². The van der Waals surface area contributed by atoms with Gasteiger partial charge in [-0.2, -0.15) is 5.10 Å². The fraction of sp³-hybridized carbons (Fsp3) is 0.389. The Bertz CT molecular complexity index is 845. The Labute approximate surface area is 155 Å². The molecule has 1 aromatic heterocycles. The lowest BCUT2D eigenvalue weighted by atomic mass is 10.2. The summed E-state index contributed by atoms with van der Waals surface area (Å²) in [6.07, 6.45) is 1.20. The number of nitrogens with zero attached hydrogens (tertiary/aromatic N) is 3. The molecule has 7 nitrogen and oxygen atoms in total. The van der Waals surface area contributed by atoms with Gasteiger partial charge in [0.15, 0.2) is 5.69 Å². The number of amides is 2. The van der Waals surface area contributed by atoms with Gasteiger partial charge in [-0.25, -0.2) is 0 Å². The van der Waals surface area contributed by atoms with Crippen LogP contribution in [0, 0.1) is 0 Å². The van der Waals surface area contributed by atoms with Crippen molar-refractivity contribution < 1.29 is 14.7 Å². The third kappa shape index (κ3) is 3.45. The number of halogens is 1. The summed E-state index contributed by atoms with van der Waals surface area (Å²) in [4.78, 5) is 26.9. The molecule has 0 spiro atoms. The highest BCUT2D eigenvalue weighted by molar-refractivity contribution is 6.30. The van der Waals surface area contributed by atoms with Gasteiger partial charge in [-0.3, -0.25) is 14.3 Å². The van der Waals surface area contributed by atoms with Gasteiger partial charge in [0.05, 0.1) is 12.6 Å². The molecule has 26 heavy (non-hydrogen) atoms. The fourth-order valence-electron chi connectivity index (χ4n) is 3.10. The van der Waals surface area contributed by atoms with E-state index < -0.39 is 6.10 Å². The van der Waals surface area contributed by atoms with Crippen LogP contribution in [0.25, 0.3) is 0 Å². The van der Waals surface area contributed by atoms with Crippen molar-refractivity contribution in [3.63, 3.8) is 0 Å². The van der Waals surface area contributed by atoms with Crippen LogP contribution in [-0.4, -0.2) is 50.3 Å². The summed E-state index contributed by atoms with van der Waals surface area (Å²) in [6.45, 7) is 0.829. The van der Waals surface area contributed by atoms with E-state index in [-0.39, 0.29) is 36.6 Å². The molecule has 0 saturated heterocycles. The van der Waals surface area contributed by atoms with E-state index in [2.05, 4.69) is 10.4 Å². The molecule has 1 aromatic carbocycles. The molecule has 2 heterocycles. The normalized spacial score (nSPS) is 19.5. The molecule has 2 N–H and O–H groups in total. The molecule has 0 radical (unpaired) electrons. The van der Waals surface area contributed by atoms with Gasteiger partial charge >= 0.3 is 0 Å². The molecule has 2 amide bonds. The second-order valence-corrected chi connectivity index (χ2v) is 7.19. The van der Waals surface area contributed by atoms with Crippen LogP contribution >= 0.6 is 11.6 Å². The van der Waals surface area contributed by atoms with Crippen LogP contribution in [0.1, 0.15) is 39.4 Å². The smallest absolute Gasteiger partial charge is 0.274 e. The maximum absolute atomic E-state index is 13.0. The average molecular weight is 375 g/mol. The van der Waals surface area contributed by atoms with Gasteiger partial charge in [-0.1, -0.05) is 23.7 Å². The highest BCUT2D eigenvalue weighted by Gasteiger charge is 2.35. The maximum Gasteiger partial charge on any atom is 0.274 e. The summed E-state index contributed by atoms with van der Waals surface area (Å²) in [6, 6.07) is 9.11. The molecule has 2 aliphatic rings. The molecule has 1 unspecified atom stereocenters. The van der Waals surface area contributed by atoms with E-state index in [9.17, 15) is 14.7 Å². The van der Waals surface area contributed by atoms with Crippen molar-refractivity contribution in [1.29, 1.82) is 0 Å². The van der Waals surface area contributed by atoms with E-state index in [1.165, 1.54) is 10.7 Å².